The largest absolute Gasteiger partial charge is 0.394 e. The molecule has 176 valence electrons. The lowest BCUT2D eigenvalue weighted by Gasteiger charge is -2.36. The number of hydrogen-bond acceptors (Lipinski definition) is 6. The fourth-order valence-electron chi connectivity index (χ4n) is 4.04. The Morgan fingerprint density at radius 1 is 1.18 bits per heavy atom. The van der Waals surface area contributed by atoms with Crippen molar-refractivity contribution in [2.24, 2.45) is 0 Å². The van der Waals surface area contributed by atoms with E-state index in [0.717, 1.165) is 5.56 Å². The van der Waals surface area contributed by atoms with Crippen LogP contribution in [0.25, 0.3) is 11.3 Å². The highest BCUT2D eigenvalue weighted by Gasteiger charge is 2.34. The molecule has 4 rings (SSSR count). The van der Waals surface area contributed by atoms with E-state index in [-0.39, 0.29) is 23.4 Å². The van der Waals surface area contributed by atoms with E-state index in [0.29, 0.717) is 37.1 Å². The van der Waals surface area contributed by atoms with E-state index in [1.165, 1.54) is 12.1 Å². The summed E-state index contributed by atoms with van der Waals surface area (Å²) in [5.41, 5.74) is 2.09. The molecule has 1 fully saturated rings. The van der Waals surface area contributed by atoms with Gasteiger partial charge in [-0.15, -0.1) is 5.10 Å². The molecule has 0 unspecified atom stereocenters. The van der Waals surface area contributed by atoms with E-state index in [1.54, 1.807) is 54.2 Å². The Hall–Kier alpha value is -2.66. The first-order valence-electron chi connectivity index (χ1n) is 10.9. The van der Waals surface area contributed by atoms with Crippen LogP contribution in [0.5, 0.6) is 0 Å². The van der Waals surface area contributed by atoms with Gasteiger partial charge in [0.1, 0.15) is 11.5 Å². The highest BCUT2D eigenvalue weighted by Crippen LogP contribution is 2.25. The fraction of sp³-hybridized carbons (Fsp3) is 0.391. The van der Waals surface area contributed by atoms with Gasteiger partial charge in [0, 0.05) is 12.1 Å². The van der Waals surface area contributed by atoms with Gasteiger partial charge in [0.2, 0.25) is 10.0 Å². The Labute approximate surface area is 192 Å². The molecule has 1 aliphatic heterocycles. The first-order valence-corrected chi connectivity index (χ1v) is 12.3. The number of benzene rings is 2. The molecular formula is C23H27FN4O4S. The maximum Gasteiger partial charge on any atom is 0.241 e. The van der Waals surface area contributed by atoms with Crippen molar-refractivity contribution in [1.82, 2.24) is 19.7 Å². The topological polar surface area (TPSA) is 106 Å². The lowest BCUT2D eigenvalue weighted by molar-refractivity contribution is -0.0891. The Bertz CT molecular complexity index is 1180. The smallest absolute Gasteiger partial charge is 0.241 e. The Kier molecular flexibility index (Phi) is 7.18. The van der Waals surface area contributed by atoms with E-state index >= 15 is 0 Å². The number of nitrogens with zero attached hydrogens (tertiary/aromatic N) is 3. The quantitative estimate of drug-likeness (QED) is 0.520. The number of aryl methyl sites for hydroxylation is 2. The molecule has 0 aliphatic carbocycles. The van der Waals surface area contributed by atoms with Crippen LogP contribution in [-0.2, 0) is 21.3 Å². The first-order chi connectivity index (χ1) is 15.9. The molecule has 2 N–H and O–H groups in total. The van der Waals surface area contributed by atoms with Crippen LogP contribution in [0.2, 0.25) is 0 Å². The summed E-state index contributed by atoms with van der Waals surface area (Å²) in [6.45, 7) is 2.02. The van der Waals surface area contributed by atoms with Crippen molar-refractivity contribution in [3.63, 3.8) is 0 Å². The summed E-state index contributed by atoms with van der Waals surface area (Å²) in [5.74, 6) is -0.307. The summed E-state index contributed by atoms with van der Waals surface area (Å²) in [7, 11) is -3.72. The molecular weight excluding hydrogens is 447 g/mol. The van der Waals surface area contributed by atoms with E-state index in [9.17, 15) is 17.9 Å². The van der Waals surface area contributed by atoms with Crippen molar-refractivity contribution in [2.75, 3.05) is 6.61 Å². The second-order valence-corrected chi connectivity index (χ2v) is 9.89. The van der Waals surface area contributed by atoms with E-state index in [4.69, 9.17) is 4.74 Å². The molecule has 2 heterocycles. The first kappa shape index (κ1) is 23.5. The van der Waals surface area contributed by atoms with Gasteiger partial charge < -0.3 is 9.84 Å². The van der Waals surface area contributed by atoms with Gasteiger partial charge in [0.15, 0.2) is 0 Å². The summed E-state index contributed by atoms with van der Waals surface area (Å²) < 4.78 is 49.2. The van der Waals surface area contributed by atoms with E-state index in [2.05, 4.69) is 15.0 Å². The minimum atomic E-state index is -3.72. The van der Waals surface area contributed by atoms with Crippen molar-refractivity contribution in [3.8, 4) is 11.3 Å². The van der Waals surface area contributed by atoms with Gasteiger partial charge in [-0.1, -0.05) is 23.4 Å². The second kappa shape index (κ2) is 10.1. The Balaban J connectivity index is 1.34. The van der Waals surface area contributed by atoms with Crippen LogP contribution in [0, 0.1) is 12.7 Å². The van der Waals surface area contributed by atoms with Crippen LogP contribution >= 0.6 is 0 Å². The SMILES string of the molecule is Cc1ccccc1S(=O)(=O)N[C@@H]1CC[C@@H](CCn2cc(-c3ccc(F)cc3)nn2)O[C@H]1CO. The van der Waals surface area contributed by atoms with Crippen LogP contribution < -0.4 is 4.72 Å². The maximum atomic E-state index is 13.1. The van der Waals surface area contributed by atoms with Gasteiger partial charge >= 0.3 is 0 Å². The molecule has 0 radical (unpaired) electrons. The minimum absolute atomic E-state index is 0.139. The predicted molar refractivity (Wildman–Crippen MR) is 120 cm³/mol. The highest BCUT2D eigenvalue weighted by atomic mass is 32.2. The molecule has 0 bridgehead atoms. The molecule has 1 aromatic heterocycles. The number of aromatic nitrogens is 3. The number of rotatable bonds is 8. The molecule has 3 aromatic rings. The van der Waals surface area contributed by atoms with Crippen molar-refractivity contribution in [3.05, 3.63) is 66.1 Å². The number of halogens is 1. The number of hydrogen-bond donors (Lipinski definition) is 2. The third-order valence-electron chi connectivity index (χ3n) is 5.84. The van der Waals surface area contributed by atoms with Gasteiger partial charge in [-0.05, 0) is 62.1 Å². The van der Waals surface area contributed by atoms with Gasteiger partial charge in [0.25, 0.3) is 0 Å². The van der Waals surface area contributed by atoms with Gasteiger partial charge in [-0.25, -0.2) is 17.5 Å². The molecule has 8 nitrogen and oxygen atoms in total. The normalized spacial score (nSPS) is 21.2. The fourth-order valence-corrected chi connectivity index (χ4v) is 5.58. The Morgan fingerprint density at radius 2 is 1.94 bits per heavy atom. The van der Waals surface area contributed by atoms with Crippen LogP contribution in [0.15, 0.2) is 59.6 Å². The van der Waals surface area contributed by atoms with Gasteiger partial charge in [-0.3, -0.25) is 4.68 Å². The minimum Gasteiger partial charge on any atom is -0.394 e. The van der Waals surface area contributed by atoms with E-state index in [1.807, 2.05) is 0 Å². The second-order valence-electron chi connectivity index (χ2n) is 8.21. The summed E-state index contributed by atoms with van der Waals surface area (Å²) in [5, 5.41) is 18.1. The van der Waals surface area contributed by atoms with E-state index < -0.39 is 22.2 Å². The standard InChI is InChI=1S/C23H27FN4O4S/c1-16-4-2-3-5-23(16)33(30,31)26-20-11-10-19(32-22(20)15-29)12-13-28-14-21(25-27-28)17-6-8-18(24)9-7-17/h2-9,14,19-20,22,26,29H,10-13,15H2,1H3/t19-,20+,22-/m0/s1. The molecule has 1 saturated heterocycles. The molecule has 10 heteroatoms. The summed E-state index contributed by atoms with van der Waals surface area (Å²) in [6.07, 6.45) is 2.86. The number of sulfonamides is 1. The zero-order valence-corrected chi connectivity index (χ0v) is 19.1. The summed E-state index contributed by atoms with van der Waals surface area (Å²) >= 11 is 0. The zero-order chi connectivity index (χ0) is 23.4. The lowest BCUT2D eigenvalue weighted by atomic mass is 9.98. The van der Waals surface area contributed by atoms with Crippen molar-refractivity contribution < 1.29 is 22.7 Å². The molecule has 0 saturated carbocycles. The van der Waals surface area contributed by atoms with Crippen molar-refractivity contribution in [2.45, 2.75) is 55.9 Å². The average molecular weight is 475 g/mol. The highest BCUT2D eigenvalue weighted by molar-refractivity contribution is 7.89. The molecule has 2 aromatic carbocycles. The van der Waals surface area contributed by atoms with Crippen LogP contribution in [0.1, 0.15) is 24.8 Å². The van der Waals surface area contributed by atoms with Crippen molar-refractivity contribution >= 4 is 10.0 Å². The zero-order valence-electron chi connectivity index (χ0n) is 18.3. The predicted octanol–water partition coefficient (Wildman–Crippen LogP) is 2.67. The van der Waals surface area contributed by atoms with Crippen LogP contribution in [0.3, 0.4) is 0 Å². The molecule has 1 aliphatic rings. The number of ether oxygens (including phenoxy) is 1. The Morgan fingerprint density at radius 3 is 2.67 bits per heavy atom. The van der Waals surface area contributed by atoms with Crippen molar-refractivity contribution in [1.29, 1.82) is 0 Å². The summed E-state index contributed by atoms with van der Waals surface area (Å²) in [6, 6.07) is 12.3. The van der Waals surface area contributed by atoms with Crippen LogP contribution in [-0.4, -0.2) is 53.4 Å². The maximum absolute atomic E-state index is 13.1. The number of aliphatic hydroxyl groups excluding tert-OH is 1. The average Bonchev–Trinajstić information content (AvgIpc) is 3.28. The molecule has 3 atom stereocenters. The van der Waals surface area contributed by atoms with Crippen LogP contribution in [0.4, 0.5) is 4.39 Å². The monoisotopic (exact) mass is 474 g/mol. The van der Waals surface area contributed by atoms with Gasteiger partial charge in [-0.2, -0.15) is 0 Å². The third-order valence-corrected chi connectivity index (χ3v) is 7.49. The number of nitrogens with one attached hydrogen (secondary N) is 1. The lowest BCUT2D eigenvalue weighted by Crippen LogP contribution is -2.51. The summed E-state index contributed by atoms with van der Waals surface area (Å²) in [4.78, 5) is 0.229. The number of aliphatic hydroxyl groups is 1. The third kappa shape index (κ3) is 5.64. The molecule has 33 heavy (non-hydrogen) atoms. The molecule has 0 amide bonds. The van der Waals surface area contributed by atoms with Gasteiger partial charge in [0.05, 0.1) is 35.9 Å². The molecule has 0 spiro atoms.